The van der Waals surface area contributed by atoms with E-state index in [-0.39, 0.29) is 12.6 Å². The van der Waals surface area contributed by atoms with Crippen molar-refractivity contribution >= 4 is 23.0 Å². The molecule has 0 aliphatic carbocycles. The summed E-state index contributed by atoms with van der Waals surface area (Å²) in [5.41, 5.74) is 0.133. The Morgan fingerprint density at radius 1 is 1.27 bits per heavy atom. The summed E-state index contributed by atoms with van der Waals surface area (Å²) in [5.74, 6) is 1.97. The lowest BCUT2D eigenvalue weighted by atomic mass is 10.2. The molecule has 164 valence electrons. The Kier molecular flexibility index (Phi) is 6.91. The van der Waals surface area contributed by atoms with Crippen LogP contribution < -0.4 is 25.0 Å². The van der Waals surface area contributed by atoms with E-state index in [1.54, 1.807) is 21.3 Å². The van der Waals surface area contributed by atoms with E-state index in [9.17, 15) is 13.2 Å². The van der Waals surface area contributed by atoms with Crippen molar-refractivity contribution in [1.29, 1.82) is 0 Å². The molecule has 0 saturated carbocycles. The molecule has 2 heterocycles. The molecule has 7 nitrogen and oxygen atoms in total. The number of nitrogens with zero attached hydrogens (tertiary/aromatic N) is 3. The Bertz CT molecular complexity index is 865. The third-order valence-electron chi connectivity index (χ3n) is 4.70. The summed E-state index contributed by atoms with van der Waals surface area (Å²) >= 11 is 0.968. The van der Waals surface area contributed by atoms with E-state index in [2.05, 4.69) is 25.5 Å². The standard InChI is InChI=1S/C19H24F3N5O2S/c1-23-18(24-9-17-26-16(11-30-17)19(20,21)22)25-12-4-5-27(10-12)13-6-14(28-2)8-15(7-13)29-3/h6-8,11-12H,4-5,9-10H2,1-3H3,(H2,23,24,25). The first kappa shape index (κ1) is 22.0. The van der Waals surface area contributed by atoms with Crippen LogP contribution in [-0.4, -0.2) is 51.3 Å². The van der Waals surface area contributed by atoms with Crippen molar-refractivity contribution in [2.24, 2.45) is 4.99 Å². The first-order valence-corrected chi connectivity index (χ1v) is 10.2. The number of aromatic nitrogens is 1. The number of nitrogens with one attached hydrogen (secondary N) is 2. The molecule has 2 N–H and O–H groups in total. The maximum atomic E-state index is 12.7. The van der Waals surface area contributed by atoms with Gasteiger partial charge in [-0.05, 0) is 6.42 Å². The fourth-order valence-corrected chi connectivity index (χ4v) is 3.90. The number of anilines is 1. The molecule has 1 aromatic heterocycles. The Balaban J connectivity index is 1.55. The number of hydrogen-bond acceptors (Lipinski definition) is 6. The van der Waals surface area contributed by atoms with Crippen molar-refractivity contribution in [2.45, 2.75) is 25.2 Å². The van der Waals surface area contributed by atoms with Crippen molar-refractivity contribution in [1.82, 2.24) is 15.6 Å². The van der Waals surface area contributed by atoms with Gasteiger partial charge in [0, 0.05) is 55.4 Å². The van der Waals surface area contributed by atoms with Crippen molar-refractivity contribution in [3.8, 4) is 11.5 Å². The highest BCUT2D eigenvalue weighted by molar-refractivity contribution is 7.09. The van der Waals surface area contributed by atoms with Gasteiger partial charge in [-0.15, -0.1) is 11.3 Å². The lowest BCUT2D eigenvalue weighted by Crippen LogP contribution is -2.44. The topological polar surface area (TPSA) is 71.0 Å². The third kappa shape index (κ3) is 5.47. The number of methoxy groups -OCH3 is 2. The van der Waals surface area contributed by atoms with Gasteiger partial charge in [-0.2, -0.15) is 13.2 Å². The second-order valence-electron chi connectivity index (χ2n) is 6.70. The third-order valence-corrected chi connectivity index (χ3v) is 5.55. The van der Waals surface area contributed by atoms with E-state index in [1.807, 2.05) is 18.2 Å². The van der Waals surface area contributed by atoms with Crippen LogP contribution in [0.1, 0.15) is 17.1 Å². The van der Waals surface area contributed by atoms with Crippen LogP contribution in [0.25, 0.3) is 0 Å². The molecule has 1 atom stereocenters. The second-order valence-corrected chi connectivity index (χ2v) is 7.64. The van der Waals surface area contributed by atoms with Crippen LogP contribution in [0.15, 0.2) is 28.6 Å². The fraction of sp³-hybridized carbons (Fsp3) is 0.474. The number of ether oxygens (including phenoxy) is 2. The number of halogens is 3. The normalized spacial score (nSPS) is 17.2. The molecule has 0 bridgehead atoms. The van der Waals surface area contributed by atoms with E-state index in [0.29, 0.717) is 11.0 Å². The van der Waals surface area contributed by atoms with Gasteiger partial charge in [-0.25, -0.2) is 4.98 Å². The Morgan fingerprint density at radius 3 is 2.53 bits per heavy atom. The maximum Gasteiger partial charge on any atom is 0.434 e. The van der Waals surface area contributed by atoms with Crippen LogP contribution in [0.2, 0.25) is 0 Å². The monoisotopic (exact) mass is 443 g/mol. The van der Waals surface area contributed by atoms with Gasteiger partial charge >= 0.3 is 6.18 Å². The summed E-state index contributed by atoms with van der Waals surface area (Å²) in [6.07, 6.45) is -3.54. The van der Waals surface area contributed by atoms with Gasteiger partial charge in [-0.1, -0.05) is 0 Å². The van der Waals surface area contributed by atoms with E-state index in [1.165, 1.54) is 0 Å². The van der Waals surface area contributed by atoms with Crippen LogP contribution in [-0.2, 0) is 12.7 Å². The minimum absolute atomic E-state index is 0.135. The highest BCUT2D eigenvalue weighted by Gasteiger charge is 2.33. The summed E-state index contributed by atoms with van der Waals surface area (Å²) < 4.78 is 48.7. The number of guanidine groups is 1. The number of thiazole rings is 1. The highest BCUT2D eigenvalue weighted by Crippen LogP contribution is 2.31. The lowest BCUT2D eigenvalue weighted by molar-refractivity contribution is -0.140. The van der Waals surface area contributed by atoms with Crippen molar-refractivity contribution in [3.05, 3.63) is 34.3 Å². The smallest absolute Gasteiger partial charge is 0.434 e. The van der Waals surface area contributed by atoms with Crippen LogP contribution in [0.5, 0.6) is 11.5 Å². The SMILES string of the molecule is CN=C(NCc1nc(C(F)(F)F)cs1)NC1CCN(c2cc(OC)cc(OC)c2)C1. The number of rotatable bonds is 6. The van der Waals surface area contributed by atoms with Crippen LogP contribution in [0.4, 0.5) is 18.9 Å². The minimum Gasteiger partial charge on any atom is -0.497 e. The molecule has 2 aromatic rings. The van der Waals surface area contributed by atoms with Gasteiger partial charge in [0.1, 0.15) is 16.5 Å². The Hall–Kier alpha value is -2.69. The van der Waals surface area contributed by atoms with Crippen molar-refractivity contribution < 1.29 is 22.6 Å². The van der Waals surface area contributed by atoms with Crippen molar-refractivity contribution in [3.63, 3.8) is 0 Å². The van der Waals surface area contributed by atoms with Gasteiger partial charge in [0.05, 0.1) is 20.8 Å². The zero-order valence-electron chi connectivity index (χ0n) is 16.9. The summed E-state index contributed by atoms with van der Waals surface area (Å²) in [5, 5.41) is 7.72. The van der Waals surface area contributed by atoms with E-state index < -0.39 is 11.9 Å². The average molecular weight is 443 g/mol. The quantitative estimate of drug-likeness (QED) is 0.528. The highest BCUT2D eigenvalue weighted by atomic mass is 32.1. The van der Waals surface area contributed by atoms with Crippen LogP contribution >= 0.6 is 11.3 Å². The summed E-state index contributed by atoms with van der Waals surface area (Å²) in [4.78, 5) is 10.0. The van der Waals surface area contributed by atoms with Gasteiger partial charge in [-0.3, -0.25) is 4.99 Å². The summed E-state index contributed by atoms with van der Waals surface area (Å²) in [6.45, 7) is 1.75. The minimum atomic E-state index is -4.43. The zero-order valence-corrected chi connectivity index (χ0v) is 17.7. The molecule has 1 aliphatic rings. The predicted molar refractivity (Wildman–Crippen MR) is 111 cm³/mol. The van der Waals surface area contributed by atoms with Crippen LogP contribution in [0, 0.1) is 0 Å². The van der Waals surface area contributed by atoms with Crippen LogP contribution in [0.3, 0.4) is 0 Å². The predicted octanol–water partition coefficient (Wildman–Crippen LogP) is 3.12. The molecule has 1 unspecified atom stereocenters. The number of alkyl halides is 3. The number of benzene rings is 1. The Morgan fingerprint density at radius 2 is 1.97 bits per heavy atom. The molecule has 1 saturated heterocycles. The molecular weight excluding hydrogens is 419 g/mol. The number of aliphatic imine (C=N–C) groups is 1. The molecule has 0 amide bonds. The molecular formula is C19H24F3N5O2S. The molecule has 30 heavy (non-hydrogen) atoms. The van der Waals surface area contributed by atoms with E-state index in [0.717, 1.165) is 53.4 Å². The maximum absolute atomic E-state index is 12.7. The number of hydrogen-bond donors (Lipinski definition) is 2. The largest absolute Gasteiger partial charge is 0.497 e. The average Bonchev–Trinajstić information content (AvgIpc) is 3.40. The zero-order chi connectivity index (χ0) is 21.7. The van der Waals surface area contributed by atoms with Crippen molar-refractivity contribution in [2.75, 3.05) is 39.3 Å². The second kappa shape index (κ2) is 9.41. The van der Waals surface area contributed by atoms with Gasteiger partial charge in [0.2, 0.25) is 0 Å². The first-order chi connectivity index (χ1) is 14.3. The lowest BCUT2D eigenvalue weighted by Gasteiger charge is -2.21. The van der Waals surface area contributed by atoms with Gasteiger partial charge in [0.25, 0.3) is 0 Å². The molecule has 11 heteroatoms. The fourth-order valence-electron chi connectivity index (χ4n) is 3.16. The molecule has 0 radical (unpaired) electrons. The summed E-state index contributed by atoms with van der Waals surface area (Å²) in [6, 6.07) is 5.87. The van der Waals surface area contributed by atoms with Gasteiger partial charge < -0.3 is 25.0 Å². The van der Waals surface area contributed by atoms with E-state index >= 15 is 0 Å². The molecule has 1 fully saturated rings. The van der Waals surface area contributed by atoms with E-state index in [4.69, 9.17) is 9.47 Å². The first-order valence-electron chi connectivity index (χ1n) is 9.29. The summed E-state index contributed by atoms with van der Waals surface area (Å²) in [7, 11) is 4.85. The Labute approximate surface area is 176 Å². The molecule has 0 spiro atoms. The van der Waals surface area contributed by atoms with Gasteiger partial charge in [0.15, 0.2) is 11.7 Å². The molecule has 1 aromatic carbocycles. The molecule has 1 aliphatic heterocycles. The molecule has 3 rings (SSSR count).